The Balaban J connectivity index is 2.64. The minimum absolute atomic E-state index is 0.195. The van der Waals surface area contributed by atoms with E-state index in [0.717, 1.165) is 5.75 Å². The highest BCUT2D eigenvalue weighted by molar-refractivity contribution is 5.28. The molecule has 0 aromatic heterocycles. The number of benzene rings is 1. The Morgan fingerprint density at radius 1 is 1.00 bits per heavy atom. The predicted octanol–water partition coefficient (Wildman–Crippen LogP) is 3.18. The third kappa shape index (κ3) is 3.04. The summed E-state index contributed by atoms with van der Waals surface area (Å²) in [7, 11) is 1.63. The van der Waals surface area contributed by atoms with E-state index in [4.69, 9.17) is 9.47 Å². The third-order valence-electron chi connectivity index (χ3n) is 2.18. The molecule has 1 atom stereocenters. The van der Waals surface area contributed by atoms with E-state index in [1.54, 1.807) is 7.11 Å². The fraction of sp³-hybridized carbons (Fsp3) is 0.500. The van der Waals surface area contributed by atoms with E-state index >= 15 is 0 Å². The normalized spacial score (nSPS) is 12.9. The standard InChI is InChI=1S/C12H18O2/c1-9(2)11-5-7-12(8-6-11)14-10(3)13-4/h5-10H,1-4H3. The fourth-order valence-corrected chi connectivity index (χ4v) is 1.17. The molecule has 0 heterocycles. The molecule has 0 aliphatic rings. The van der Waals surface area contributed by atoms with Crippen molar-refractivity contribution in [2.24, 2.45) is 0 Å². The van der Waals surface area contributed by atoms with Gasteiger partial charge in [0.15, 0.2) is 6.29 Å². The molecule has 0 aliphatic carbocycles. The number of hydrogen-bond acceptors (Lipinski definition) is 2. The molecule has 0 radical (unpaired) electrons. The number of ether oxygens (including phenoxy) is 2. The molecule has 1 unspecified atom stereocenters. The van der Waals surface area contributed by atoms with Crippen molar-refractivity contribution in [1.82, 2.24) is 0 Å². The number of rotatable bonds is 4. The highest BCUT2D eigenvalue weighted by Crippen LogP contribution is 2.19. The van der Waals surface area contributed by atoms with Crippen LogP contribution in [-0.2, 0) is 4.74 Å². The van der Waals surface area contributed by atoms with Gasteiger partial charge < -0.3 is 9.47 Å². The molecular weight excluding hydrogens is 176 g/mol. The first-order chi connectivity index (χ1) is 6.63. The Labute approximate surface area is 85.8 Å². The first-order valence-electron chi connectivity index (χ1n) is 4.93. The average Bonchev–Trinajstić information content (AvgIpc) is 2.18. The van der Waals surface area contributed by atoms with Gasteiger partial charge in [-0.2, -0.15) is 0 Å². The Kier molecular flexibility index (Phi) is 3.96. The zero-order valence-corrected chi connectivity index (χ0v) is 9.28. The Morgan fingerprint density at radius 2 is 1.57 bits per heavy atom. The molecule has 1 aromatic rings. The van der Waals surface area contributed by atoms with Crippen LogP contribution in [0.15, 0.2) is 24.3 Å². The van der Waals surface area contributed by atoms with Gasteiger partial charge in [-0.05, 0) is 30.5 Å². The van der Waals surface area contributed by atoms with Gasteiger partial charge in [0.05, 0.1) is 0 Å². The summed E-state index contributed by atoms with van der Waals surface area (Å²) in [5.74, 6) is 1.41. The molecule has 0 saturated carbocycles. The van der Waals surface area contributed by atoms with E-state index in [1.165, 1.54) is 5.56 Å². The van der Waals surface area contributed by atoms with Crippen LogP contribution in [0.4, 0.5) is 0 Å². The lowest BCUT2D eigenvalue weighted by atomic mass is 10.0. The second kappa shape index (κ2) is 5.01. The van der Waals surface area contributed by atoms with Gasteiger partial charge in [0.1, 0.15) is 5.75 Å². The number of methoxy groups -OCH3 is 1. The molecule has 2 heteroatoms. The molecule has 14 heavy (non-hydrogen) atoms. The van der Waals surface area contributed by atoms with E-state index in [9.17, 15) is 0 Å². The van der Waals surface area contributed by atoms with Gasteiger partial charge in [0.2, 0.25) is 0 Å². The summed E-state index contributed by atoms with van der Waals surface area (Å²) < 4.78 is 10.5. The monoisotopic (exact) mass is 194 g/mol. The lowest BCUT2D eigenvalue weighted by molar-refractivity contribution is -0.0382. The van der Waals surface area contributed by atoms with Crippen LogP contribution >= 0.6 is 0 Å². The highest BCUT2D eigenvalue weighted by atomic mass is 16.7. The summed E-state index contributed by atoms with van der Waals surface area (Å²) in [6.45, 7) is 6.22. The van der Waals surface area contributed by atoms with Gasteiger partial charge in [-0.3, -0.25) is 0 Å². The lowest BCUT2D eigenvalue weighted by Gasteiger charge is -2.13. The van der Waals surface area contributed by atoms with Crippen LogP contribution in [0.25, 0.3) is 0 Å². The van der Waals surface area contributed by atoms with E-state index in [-0.39, 0.29) is 6.29 Å². The third-order valence-corrected chi connectivity index (χ3v) is 2.18. The van der Waals surface area contributed by atoms with Crippen molar-refractivity contribution >= 4 is 0 Å². The molecule has 78 valence electrons. The van der Waals surface area contributed by atoms with E-state index in [2.05, 4.69) is 26.0 Å². The quantitative estimate of drug-likeness (QED) is 0.685. The molecular formula is C12H18O2. The van der Waals surface area contributed by atoms with E-state index < -0.39 is 0 Å². The molecule has 1 rings (SSSR count). The summed E-state index contributed by atoms with van der Waals surface area (Å²) in [6, 6.07) is 8.13. The van der Waals surface area contributed by atoms with Crippen LogP contribution in [0.1, 0.15) is 32.3 Å². The van der Waals surface area contributed by atoms with Gasteiger partial charge in [-0.1, -0.05) is 26.0 Å². The van der Waals surface area contributed by atoms with Gasteiger partial charge in [0.25, 0.3) is 0 Å². The molecule has 0 saturated heterocycles. The van der Waals surface area contributed by atoms with Crippen molar-refractivity contribution in [2.45, 2.75) is 33.0 Å². The summed E-state index contributed by atoms with van der Waals surface area (Å²) in [5.41, 5.74) is 1.32. The minimum atomic E-state index is -0.195. The molecule has 0 amide bonds. The molecule has 2 nitrogen and oxygen atoms in total. The topological polar surface area (TPSA) is 18.5 Å². The molecule has 1 aromatic carbocycles. The Bertz CT molecular complexity index is 264. The van der Waals surface area contributed by atoms with Gasteiger partial charge >= 0.3 is 0 Å². The second-order valence-electron chi connectivity index (χ2n) is 3.64. The number of hydrogen-bond donors (Lipinski definition) is 0. The van der Waals surface area contributed by atoms with Crippen LogP contribution in [0.2, 0.25) is 0 Å². The smallest absolute Gasteiger partial charge is 0.196 e. The fourth-order valence-electron chi connectivity index (χ4n) is 1.17. The van der Waals surface area contributed by atoms with E-state index in [1.807, 2.05) is 19.1 Å². The van der Waals surface area contributed by atoms with Crippen LogP contribution in [-0.4, -0.2) is 13.4 Å². The maximum atomic E-state index is 5.48. The van der Waals surface area contributed by atoms with Crippen LogP contribution in [0.5, 0.6) is 5.75 Å². The Hall–Kier alpha value is -1.02. The van der Waals surface area contributed by atoms with Crippen molar-refractivity contribution in [3.8, 4) is 5.75 Å². The van der Waals surface area contributed by atoms with Crippen molar-refractivity contribution in [2.75, 3.05) is 7.11 Å². The van der Waals surface area contributed by atoms with Crippen molar-refractivity contribution in [3.63, 3.8) is 0 Å². The van der Waals surface area contributed by atoms with Gasteiger partial charge in [0, 0.05) is 7.11 Å². The first kappa shape index (κ1) is 11.1. The summed E-state index contributed by atoms with van der Waals surface area (Å²) in [5, 5.41) is 0. The highest BCUT2D eigenvalue weighted by Gasteiger charge is 2.02. The summed E-state index contributed by atoms with van der Waals surface area (Å²) in [6.07, 6.45) is -0.195. The van der Waals surface area contributed by atoms with Crippen LogP contribution < -0.4 is 4.74 Å². The maximum Gasteiger partial charge on any atom is 0.196 e. The molecule has 0 N–H and O–H groups in total. The van der Waals surface area contributed by atoms with Crippen LogP contribution in [0, 0.1) is 0 Å². The van der Waals surface area contributed by atoms with Crippen molar-refractivity contribution < 1.29 is 9.47 Å². The second-order valence-corrected chi connectivity index (χ2v) is 3.64. The SMILES string of the molecule is COC(C)Oc1ccc(C(C)C)cc1. The maximum absolute atomic E-state index is 5.48. The van der Waals surface area contributed by atoms with Crippen molar-refractivity contribution in [1.29, 1.82) is 0 Å². The first-order valence-corrected chi connectivity index (χ1v) is 4.93. The van der Waals surface area contributed by atoms with Crippen LogP contribution in [0.3, 0.4) is 0 Å². The zero-order chi connectivity index (χ0) is 10.6. The summed E-state index contributed by atoms with van der Waals surface area (Å²) >= 11 is 0. The molecule has 0 spiro atoms. The molecule has 0 aliphatic heterocycles. The zero-order valence-electron chi connectivity index (χ0n) is 9.28. The molecule has 0 bridgehead atoms. The Morgan fingerprint density at radius 3 is 2.00 bits per heavy atom. The van der Waals surface area contributed by atoms with Crippen molar-refractivity contribution in [3.05, 3.63) is 29.8 Å². The van der Waals surface area contributed by atoms with Gasteiger partial charge in [-0.15, -0.1) is 0 Å². The summed E-state index contributed by atoms with van der Waals surface area (Å²) in [4.78, 5) is 0. The minimum Gasteiger partial charge on any atom is -0.465 e. The largest absolute Gasteiger partial charge is 0.465 e. The van der Waals surface area contributed by atoms with E-state index in [0.29, 0.717) is 5.92 Å². The van der Waals surface area contributed by atoms with Gasteiger partial charge in [-0.25, -0.2) is 0 Å². The average molecular weight is 194 g/mol. The lowest BCUT2D eigenvalue weighted by Crippen LogP contribution is -2.13. The molecule has 0 fully saturated rings. The predicted molar refractivity (Wildman–Crippen MR) is 57.6 cm³/mol.